The van der Waals surface area contributed by atoms with Crippen molar-refractivity contribution in [1.82, 2.24) is 0 Å². The van der Waals surface area contributed by atoms with E-state index in [1.54, 1.807) is 12.1 Å². The van der Waals surface area contributed by atoms with Gasteiger partial charge in [-0.2, -0.15) is 0 Å². The van der Waals surface area contributed by atoms with Crippen LogP contribution in [0.3, 0.4) is 0 Å². The Labute approximate surface area is 162 Å². The van der Waals surface area contributed by atoms with E-state index in [1.165, 1.54) is 32.2 Å². The zero-order valence-electron chi connectivity index (χ0n) is 14.3. The number of hydrogen-bond acceptors (Lipinski definition) is 7. The minimum atomic E-state index is -1.14. The summed E-state index contributed by atoms with van der Waals surface area (Å²) in [6.45, 7) is 1.37. The lowest BCUT2D eigenvalue weighted by Gasteiger charge is -2.14. The number of nitrogens with one attached hydrogen (secondary N) is 1. The molecule has 1 unspecified atom stereocenters. The number of nitrogens with zero attached hydrogens (tertiary/aromatic N) is 1. The Hall–Kier alpha value is -3.14. The first-order chi connectivity index (χ1) is 12.8. The molecule has 0 bridgehead atoms. The molecule has 142 valence electrons. The molecule has 27 heavy (non-hydrogen) atoms. The van der Waals surface area contributed by atoms with E-state index >= 15 is 0 Å². The Bertz CT molecular complexity index is 891. The number of ether oxygens (including phenoxy) is 2. The van der Waals surface area contributed by atoms with Crippen LogP contribution in [-0.4, -0.2) is 30.0 Å². The van der Waals surface area contributed by atoms with Crippen LogP contribution in [-0.2, 0) is 14.3 Å². The van der Waals surface area contributed by atoms with Gasteiger partial charge in [-0.1, -0.05) is 0 Å². The van der Waals surface area contributed by atoms with E-state index in [9.17, 15) is 19.7 Å². The third-order valence-electron chi connectivity index (χ3n) is 3.29. The molecule has 0 radical (unpaired) electrons. The van der Waals surface area contributed by atoms with Crippen LogP contribution in [0, 0.1) is 10.1 Å². The predicted molar refractivity (Wildman–Crippen MR) is 99.3 cm³/mol. The third-order valence-corrected chi connectivity index (χ3v) is 3.72. The van der Waals surface area contributed by atoms with E-state index in [1.807, 2.05) is 0 Å². The van der Waals surface area contributed by atoms with Gasteiger partial charge in [0.1, 0.15) is 11.5 Å². The molecule has 9 nitrogen and oxygen atoms in total. The lowest BCUT2D eigenvalue weighted by molar-refractivity contribution is -0.384. The molecular weight excluding hydrogens is 424 g/mol. The van der Waals surface area contributed by atoms with Crippen LogP contribution in [0.1, 0.15) is 12.7 Å². The second-order valence-electron chi connectivity index (χ2n) is 5.19. The first-order valence-corrected chi connectivity index (χ1v) is 8.36. The summed E-state index contributed by atoms with van der Waals surface area (Å²) in [5.41, 5.74) is -0.126. The number of nitro groups is 1. The summed E-state index contributed by atoms with van der Waals surface area (Å²) in [5, 5.41) is 13.3. The van der Waals surface area contributed by atoms with Crippen LogP contribution < -0.4 is 10.1 Å². The molecule has 2 rings (SSSR count). The van der Waals surface area contributed by atoms with Gasteiger partial charge in [-0.3, -0.25) is 14.9 Å². The maximum absolute atomic E-state index is 12.2. The number of hydrogen-bond donors (Lipinski definition) is 1. The average molecular weight is 439 g/mol. The Kier molecular flexibility index (Phi) is 6.72. The molecule has 2 aromatic rings. The smallest absolute Gasteiger partial charge is 0.331 e. The molecule has 0 aliphatic rings. The maximum atomic E-state index is 12.2. The van der Waals surface area contributed by atoms with Crippen molar-refractivity contribution in [3.05, 3.63) is 57.0 Å². The standard InChI is InChI=1S/C17H15BrN2O7/c1-10(26-16(21)8-5-12-4-7-15(18)27-12)17(22)19-13-9-11(20(23)24)3-6-14(13)25-2/h3-10H,1-2H3,(H,19,22)/b8-5+. The number of benzene rings is 1. The quantitative estimate of drug-likeness (QED) is 0.303. The summed E-state index contributed by atoms with van der Waals surface area (Å²) < 4.78 is 15.8. The number of esters is 1. The van der Waals surface area contributed by atoms with Crippen LogP contribution in [0.5, 0.6) is 5.75 Å². The van der Waals surface area contributed by atoms with E-state index < -0.39 is 22.9 Å². The average Bonchev–Trinajstić information content (AvgIpc) is 3.05. The Morgan fingerprint density at radius 2 is 2.07 bits per heavy atom. The van der Waals surface area contributed by atoms with E-state index in [0.717, 1.165) is 12.1 Å². The second-order valence-corrected chi connectivity index (χ2v) is 5.97. The maximum Gasteiger partial charge on any atom is 0.331 e. The molecule has 0 saturated carbocycles. The van der Waals surface area contributed by atoms with Gasteiger partial charge in [0.05, 0.1) is 17.7 Å². The van der Waals surface area contributed by atoms with Gasteiger partial charge < -0.3 is 19.2 Å². The molecule has 1 N–H and O–H groups in total. The Morgan fingerprint density at radius 1 is 1.33 bits per heavy atom. The lowest BCUT2D eigenvalue weighted by atomic mass is 10.2. The van der Waals surface area contributed by atoms with Crippen LogP contribution in [0.15, 0.2) is 45.5 Å². The molecule has 0 fully saturated rings. The Morgan fingerprint density at radius 3 is 2.67 bits per heavy atom. The van der Waals surface area contributed by atoms with Crippen LogP contribution in [0.25, 0.3) is 6.08 Å². The number of methoxy groups -OCH3 is 1. The Balaban J connectivity index is 2.00. The number of furan rings is 1. The predicted octanol–water partition coefficient (Wildman–Crippen LogP) is 3.54. The van der Waals surface area contributed by atoms with Crippen molar-refractivity contribution in [2.75, 3.05) is 12.4 Å². The highest BCUT2D eigenvalue weighted by molar-refractivity contribution is 9.10. The van der Waals surface area contributed by atoms with Crippen molar-refractivity contribution < 1.29 is 28.4 Å². The van der Waals surface area contributed by atoms with Gasteiger partial charge >= 0.3 is 5.97 Å². The largest absolute Gasteiger partial charge is 0.495 e. The molecule has 0 aliphatic heterocycles. The number of carbonyl (C=O) groups is 2. The summed E-state index contributed by atoms with van der Waals surface area (Å²) >= 11 is 3.13. The van der Waals surface area contributed by atoms with Crippen LogP contribution in [0.4, 0.5) is 11.4 Å². The van der Waals surface area contributed by atoms with E-state index in [4.69, 9.17) is 13.9 Å². The highest BCUT2D eigenvalue weighted by Crippen LogP contribution is 2.29. The third kappa shape index (κ3) is 5.68. The molecule has 10 heteroatoms. The van der Waals surface area contributed by atoms with Gasteiger partial charge in [0.2, 0.25) is 0 Å². The van der Waals surface area contributed by atoms with Crippen molar-refractivity contribution >= 4 is 45.3 Å². The van der Waals surface area contributed by atoms with Crippen molar-refractivity contribution in [2.24, 2.45) is 0 Å². The summed E-state index contributed by atoms with van der Waals surface area (Å²) in [6, 6.07) is 7.05. The first-order valence-electron chi connectivity index (χ1n) is 7.57. The number of non-ortho nitro benzene ring substituents is 1. The van der Waals surface area contributed by atoms with E-state index in [0.29, 0.717) is 10.4 Å². The topological polar surface area (TPSA) is 121 Å². The molecule has 1 heterocycles. The summed E-state index contributed by atoms with van der Waals surface area (Å²) in [7, 11) is 1.36. The number of rotatable bonds is 7. The fourth-order valence-electron chi connectivity index (χ4n) is 1.98. The summed E-state index contributed by atoms with van der Waals surface area (Å²) in [6.07, 6.45) is 1.36. The SMILES string of the molecule is COc1ccc([N+](=O)[O-])cc1NC(=O)C(C)OC(=O)/C=C/c1ccc(Br)o1. The molecule has 1 amide bonds. The summed E-state index contributed by atoms with van der Waals surface area (Å²) in [4.78, 5) is 34.3. The molecule has 1 atom stereocenters. The number of carbonyl (C=O) groups excluding carboxylic acids is 2. The van der Waals surface area contributed by atoms with Crippen molar-refractivity contribution in [3.8, 4) is 5.75 Å². The highest BCUT2D eigenvalue weighted by Gasteiger charge is 2.20. The van der Waals surface area contributed by atoms with Gasteiger partial charge in [-0.15, -0.1) is 0 Å². The molecule has 1 aromatic heterocycles. The zero-order chi connectivity index (χ0) is 20.0. The highest BCUT2D eigenvalue weighted by atomic mass is 79.9. The van der Waals surface area contributed by atoms with E-state index in [-0.39, 0.29) is 17.1 Å². The summed E-state index contributed by atoms with van der Waals surface area (Å²) in [5.74, 6) is -0.763. The number of amides is 1. The first kappa shape index (κ1) is 20.2. The van der Waals surface area contributed by atoms with Crippen LogP contribution >= 0.6 is 15.9 Å². The monoisotopic (exact) mass is 438 g/mol. The fraction of sp³-hybridized carbons (Fsp3) is 0.176. The number of halogens is 1. The molecule has 1 aromatic carbocycles. The van der Waals surface area contributed by atoms with Crippen molar-refractivity contribution in [3.63, 3.8) is 0 Å². The fourth-order valence-corrected chi connectivity index (χ4v) is 2.30. The van der Waals surface area contributed by atoms with E-state index in [2.05, 4.69) is 21.2 Å². The van der Waals surface area contributed by atoms with Gasteiger partial charge in [0.15, 0.2) is 10.8 Å². The van der Waals surface area contributed by atoms with Crippen molar-refractivity contribution in [1.29, 1.82) is 0 Å². The van der Waals surface area contributed by atoms with Gasteiger partial charge in [0.25, 0.3) is 11.6 Å². The number of anilines is 1. The minimum absolute atomic E-state index is 0.0931. The number of nitro benzene ring substituents is 1. The zero-order valence-corrected chi connectivity index (χ0v) is 15.9. The van der Waals surface area contributed by atoms with Crippen molar-refractivity contribution in [2.45, 2.75) is 13.0 Å². The van der Waals surface area contributed by atoms with Gasteiger partial charge in [-0.25, -0.2) is 4.79 Å². The molecular formula is C17H15BrN2O7. The molecule has 0 aliphatic carbocycles. The molecule has 0 saturated heterocycles. The normalized spacial score (nSPS) is 11.8. The minimum Gasteiger partial charge on any atom is -0.495 e. The second kappa shape index (κ2) is 8.99. The lowest BCUT2D eigenvalue weighted by Crippen LogP contribution is -2.29. The van der Waals surface area contributed by atoms with Gasteiger partial charge in [0, 0.05) is 18.2 Å². The van der Waals surface area contributed by atoms with Gasteiger partial charge in [-0.05, 0) is 47.1 Å². The molecule has 0 spiro atoms. The van der Waals surface area contributed by atoms with Crippen LogP contribution in [0.2, 0.25) is 0 Å².